The van der Waals surface area contributed by atoms with Crippen LogP contribution in [0.2, 0.25) is 5.02 Å². The second kappa shape index (κ2) is 6.26. The van der Waals surface area contributed by atoms with Gasteiger partial charge in [0.1, 0.15) is 5.92 Å². The molecule has 3 rings (SSSR count). The molecule has 2 heterocycles. The fraction of sp³-hybridized carbons (Fsp3) is 0.500. The van der Waals surface area contributed by atoms with Crippen molar-refractivity contribution in [1.29, 1.82) is 0 Å². The molecule has 2 aliphatic heterocycles. The van der Waals surface area contributed by atoms with Gasteiger partial charge < -0.3 is 14.5 Å². The molecule has 6 heteroatoms. The predicted molar refractivity (Wildman–Crippen MR) is 84.0 cm³/mol. The number of ether oxygens (including phenoxy) is 1. The summed E-state index contributed by atoms with van der Waals surface area (Å²) in [6, 6.07) is 5.60. The molecule has 0 spiro atoms. The molecule has 1 aromatic carbocycles. The lowest BCUT2D eigenvalue weighted by Gasteiger charge is -2.28. The predicted octanol–water partition coefficient (Wildman–Crippen LogP) is 1.86. The number of hydrogen-bond donors (Lipinski definition) is 0. The van der Waals surface area contributed by atoms with E-state index in [9.17, 15) is 9.59 Å². The minimum atomic E-state index is -0.588. The zero-order valence-corrected chi connectivity index (χ0v) is 13.3. The van der Waals surface area contributed by atoms with Gasteiger partial charge in [-0.05, 0) is 31.0 Å². The van der Waals surface area contributed by atoms with Gasteiger partial charge >= 0.3 is 0 Å². The molecule has 2 amide bonds. The number of rotatable bonds is 2. The van der Waals surface area contributed by atoms with Crippen molar-refractivity contribution in [3.05, 3.63) is 28.8 Å². The lowest BCUT2D eigenvalue weighted by atomic mass is 10.1. The van der Waals surface area contributed by atoms with Gasteiger partial charge in [-0.25, -0.2) is 0 Å². The number of amides is 2. The number of aryl methyl sites for hydroxylation is 1. The average Bonchev–Trinajstić information content (AvgIpc) is 2.89. The van der Waals surface area contributed by atoms with Crippen molar-refractivity contribution in [2.75, 3.05) is 37.7 Å². The molecule has 0 bridgehead atoms. The summed E-state index contributed by atoms with van der Waals surface area (Å²) in [6.45, 7) is 4.69. The van der Waals surface area contributed by atoms with Crippen molar-refractivity contribution in [3.8, 4) is 0 Å². The van der Waals surface area contributed by atoms with Gasteiger partial charge in [0.2, 0.25) is 11.8 Å². The largest absolute Gasteiger partial charge is 0.378 e. The number of halogens is 1. The third-order valence-electron chi connectivity index (χ3n) is 4.22. The van der Waals surface area contributed by atoms with Crippen LogP contribution in [-0.2, 0) is 14.3 Å². The Kier molecular flexibility index (Phi) is 4.36. The summed E-state index contributed by atoms with van der Waals surface area (Å²) in [4.78, 5) is 28.5. The van der Waals surface area contributed by atoms with Gasteiger partial charge in [-0.3, -0.25) is 9.59 Å². The molecule has 2 aliphatic rings. The van der Waals surface area contributed by atoms with Crippen LogP contribution < -0.4 is 4.90 Å². The maximum absolute atomic E-state index is 12.6. The molecule has 1 aromatic rings. The topological polar surface area (TPSA) is 49.9 Å². The number of morpholine rings is 1. The fourth-order valence-electron chi connectivity index (χ4n) is 2.98. The SMILES string of the molecule is Cc1ccc(N2CCC(C(=O)N3CCOCC3)C2=O)c(Cl)c1. The standard InChI is InChI=1S/C16H19ClN2O3/c1-11-2-3-14(13(17)10-11)19-5-4-12(16(19)21)15(20)18-6-8-22-9-7-18/h2-3,10,12H,4-9H2,1H3. The van der Waals surface area contributed by atoms with E-state index in [0.717, 1.165) is 5.56 Å². The minimum absolute atomic E-state index is 0.0842. The molecule has 1 unspecified atom stereocenters. The molecule has 0 aromatic heterocycles. The van der Waals surface area contributed by atoms with Gasteiger partial charge in [-0.2, -0.15) is 0 Å². The number of carbonyl (C=O) groups is 2. The quantitative estimate of drug-likeness (QED) is 0.781. The van der Waals surface area contributed by atoms with Gasteiger partial charge in [0, 0.05) is 19.6 Å². The Bertz CT molecular complexity index is 599. The molecule has 2 fully saturated rings. The summed E-state index contributed by atoms with van der Waals surface area (Å²) in [6.07, 6.45) is 0.541. The third kappa shape index (κ3) is 2.83. The van der Waals surface area contributed by atoms with E-state index >= 15 is 0 Å². The number of hydrogen-bond acceptors (Lipinski definition) is 3. The van der Waals surface area contributed by atoms with E-state index in [0.29, 0.717) is 50.0 Å². The lowest BCUT2D eigenvalue weighted by molar-refractivity contribution is -0.143. The smallest absolute Gasteiger partial charge is 0.239 e. The highest BCUT2D eigenvalue weighted by atomic mass is 35.5. The number of carbonyl (C=O) groups excluding carboxylic acids is 2. The van der Waals surface area contributed by atoms with Crippen LogP contribution in [0.4, 0.5) is 5.69 Å². The number of nitrogens with zero attached hydrogens (tertiary/aromatic N) is 2. The zero-order valence-electron chi connectivity index (χ0n) is 12.5. The van der Waals surface area contributed by atoms with Crippen LogP contribution in [0, 0.1) is 12.8 Å². The summed E-state index contributed by atoms with van der Waals surface area (Å²) in [5, 5.41) is 0.549. The molecule has 0 radical (unpaired) electrons. The second-order valence-electron chi connectivity index (χ2n) is 5.72. The van der Waals surface area contributed by atoms with Crippen LogP contribution >= 0.6 is 11.6 Å². The van der Waals surface area contributed by atoms with Gasteiger partial charge in [-0.15, -0.1) is 0 Å². The van der Waals surface area contributed by atoms with E-state index < -0.39 is 5.92 Å². The molecule has 118 valence electrons. The fourth-order valence-corrected chi connectivity index (χ4v) is 3.32. The molecule has 0 saturated carbocycles. The van der Waals surface area contributed by atoms with Crippen molar-refractivity contribution in [2.45, 2.75) is 13.3 Å². The van der Waals surface area contributed by atoms with E-state index in [1.165, 1.54) is 0 Å². The first-order valence-electron chi connectivity index (χ1n) is 7.52. The van der Waals surface area contributed by atoms with Crippen LogP contribution in [0.5, 0.6) is 0 Å². The molecule has 2 saturated heterocycles. The Balaban J connectivity index is 1.75. The number of benzene rings is 1. The van der Waals surface area contributed by atoms with Gasteiger partial charge in [-0.1, -0.05) is 17.7 Å². The van der Waals surface area contributed by atoms with Crippen molar-refractivity contribution in [2.24, 2.45) is 5.92 Å². The highest BCUT2D eigenvalue weighted by Crippen LogP contribution is 2.32. The van der Waals surface area contributed by atoms with E-state index in [-0.39, 0.29) is 11.8 Å². The van der Waals surface area contributed by atoms with Gasteiger partial charge in [0.05, 0.1) is 23.9 Å². The summed E-state index contributed by atoms with van der Waals surface area (Å²) in [7, 11) is 0. The Morgan fingerprint density at radius 3 is 2.68 bits per heavy atom. The van der Waals surface area contributed by atoms with Crippen LogP contribution in [0.3, 0.4) is 0 Å². The first-order valence-corrected chi connectivity index (χ1v) is 7.90. The maximum atomic E-state index is 12.6. The molecule has 5 nitrogen and oxygen atoms in total. The summed E-state index contributed by atoms with van der Waals surface area (Å²) >= 11 is 6.25. The van der Waals surface area contributed by atoms with E-state index in [4.69, 9.17) is 16.3 Å². The first kappa shape index (κ1) is 15.3. The Hall–Kier alpha value is -1.59. The Morgan fingerprint density at radius 2 is 2.00 bits per heavy atom. The normalized spacial score (nSPS) is 22.3. The highest BCUT2D eigenvalue weighted by molar-refractivity contribution is 6.34. The molecule has 22 heavy (non-hydrogen) atoms. The van der Waals surface area contributed by atoms with Gasteiger partial charge in [0.25, 0.3) is 0 Å². The molecular formula is C16H19ClN2O3. The van der Waals surface area contributed by atoms with Crippen LogP contribution in [0.1, 0.15) is 12.0 Å². The Labute approximate surface area is 134 Å². The Morgan fingerprint density at radius 1 is 1.27 bits per heavy atom. The molecule has 1 atom stereocenters. The van der Waals surface area contributed by atoms with Crippen molar-refractivity contribution < 1.29 is 14.3 Å². The van der Waals surface area contributed by atoms with Crippen molar-refractivity contribution in [3.63, 3.8) is 0 Å². The van der Waals surface area contributed by atoms with Gasteiger partial charge in [0.15, 0.2) is 0 Å². The summed E-state index contributed by atoms with van der Waals surface area (Å²) in [5.74, 6) is -0.822. The molecule has 0 aliphatic carbocycles. The zero-order chi connectivity index (χ0) is 15.7. The minimum Gasteiger partial charge on any atom is -0.378 e. The monoisotopic (exact) mass is 322 g/mol. The second-order valence-corrected chi connectivity index (χ2v) is 6.13. The maximum Gasteiger partial charge on any atom is 0.239 e. The molecule has 0 N–H and O–H groups in total. The molecular weight excluding hydrogens is 304 g/mol. The van der Waals surface area contributed by atoms with E-state index in [1.54, 1.807) is 9.80 Å². The van der Waals surface area contributed by atoms with Crippen LogP contribution in [0.15, 0.2) is 18.2 Å². The van der Waals surface area contributed by atoms with Crippen molar-refractivity contribution >= 4 is 29.1 Å². The van der Waals surface area contributed by atoms with Crippen LogP contribution in [-0.4, -0.2) is 49.6 Å². The van der Waals surface area contributed by atoms with E-state index in [1.807, 2.05) is 25.1 Å². The van der Waals surface area contributed by atoms with Crippen molar-refractivity contribution in [1.82, 2.24) is 4.90 Å². The number of anilines is 1. The first-order chi connectivity index (χ1) is 10.6. The third-order valence-corrected chi connectivity index (χ3v) is 4.52. The van der Waals surface area contributed by atoms with E-state index in [2.05, 4.69) is 0 Å². The average molecular weight is 323 g/mol. The lowest BCUT2D eigenvalue weighted by Crippen LogP contribution is -2.45. The summed E-state index contributed by atoms with van der Waals surface area (Å²) in [5.41, 5.74) is 1.73. The highest BCUT2D eigenvalue weighted by Gasteiger charge is 2.40. The van der Waals surface area contributed by atoms with Crippen LogP contribution in [0.25, 0.3) is 0 Å². The summed E-state index contributed by atoms with van der Waals surface area (Å²) < 4.78 is 5.25.